The van der Waals surface area contributed by atoms with Crippen molar-refractivity contribution in [3.8, 4) is 11.3 Å². The number of amides is 1. The molecule has 2 aromatic heterocycles. The quantitative estimate of drug-likeness (QED) is 0.338. The third-order valence-corrected chi connectivity index (χ3v) is 7.22. The van der Waals surface area contributed by atoms with Crippen LogP contribution in [0, 0.1) is 11.8 Å². The highest BCUT2D eigenvalue weighted by molar-refractivity contribution is 9.10. The summed E-state index contributed by atoms with van der Waals surface area (Å²) in [5.74, 6) is 1.14. The smallest absolute Gasteiger partial charge is 0.252 e. The molecule has 0 unspecified atom stereocenters. The summed E-state index contributed by atoms with van der Waals surface area (Å²) in [6.07, 6.45) is 6.56. The monoisotopic (exact) mass is 490 g/mol. The summed E-state index contributed by atoms with van der Waals surface area (Å²) >= 11 is 3.56. The first-order chi connectivity index (χ1) is 15.6. The van der Waals surface area contributed by atoms with Gasteiger partial charge in [0.15, 0.2) is 0 Å². The van der Waals surface area contributed by atoms with Gasteiger partial charge in [0, 0.05) is 39.1 Å². The van der Waals surface area contributed by atoms with E-state index in [1.54, 1.807) is 0 Å². The van der Waals surface area contributed by atoms with Gasteiger partial charge in [-0.3, -0.25) is 4.79 Å². The Morgan fingerprint density at radius 2 is 1.84 bits per heavy atom. The maximum Gasteiger partial charge on any atom is 0.252 e. The van der Waals surface area contributed by atoms with E-state index >= 15 is 0 Å². The molecule has 1 fully saturated rings. The summed E-state index contributed by atoms with van der Waals surface area (Å²) in [6.45, 7) is 1.48. The van der Waals surface area contributed by atoms with Crippen molar-refractivity contribution in [2.75, 3.05) is 13.1 Å². The van der Waals surface area contributed by atoms with Gasteiger partial charge < -0.3 is 16.0 Å². The van der Waals surface area contributed by atoms with Gasteiger partial charge in [-0.25, -0.2) is 4.98 Å². The first kappa shape index (κ1) is 21.2. The summed E-state index contributed by atoms with van der Waals surface area (Å²) < 4.78 is 1.01. The first-order valence-corrected chi connectivity index (χ1v) is 12.1. The fraction of sp³-hybridized carbons (Fsp3) is 0.308. The lowest BCUT2D eigenvalue weighted by molar-refractivity contribution is 0.0943. The van der Waals surface area contributed by atoms with Gasteiger partial charge >= 0.3 is 0 Å². The van der Waals surface area contributed by atoms with Crippen LogP contribution in [0.15, 0.2) is 59.2 Å². The summed E-state index contributed by atoms with van der Waals surface area (Å²) in [6, 6.07) is 15.9. The molecule has 164 valence electrons. The van der Waals surface area contributed by atoms with Crippen LogP contribution in [0.3, 0.4) is 0 Å². The van der Waals surface area contributed by atoms with Gasteiger partial charge in [0.2, 0.25) is 0 Å². The molecule has 4 aromatic rings. The van der Waals surface area contributed by atoms with Crippen LogP contribution in [0.5, 0.6) is 0 Å². The minimum Gasteiger partial charge on any atom is -0.360 e. The van der Waals surface area contributed by atoms with Crippen molar-refractivity contribution >= 4 is 43.6 Å². The Morgan fingerprint density at radius 3 is 2.66 bits per heavy atom. The molecular weight excluding hydrogens is 464 g/mol. The fourth-order valence-corrected chi connectivity index (χ4v) is 5.17. The van der Waals surface area contributed by atoms with E-state index in [1.165, 1.54) is 0 Å². The van der Waals surface area contributed by atoms with E-state index in [0.29, 0.717) is 23.9 Å². The van der Waals surface area contributed by atoms with Crippen molar-refractivity contribution in [2.24, 2.45) is 17.6 Å². The van der Waals surface area contributed by atoms with Gasteiger partial charge in [-0.2, -0.15) is 0 Å². The highest BCUT2D eigenvalue weighted by Crippen LogP contribution is 2.32. The molecule has 1 amide bonds. The topological polar surface area (TPSA) is 83.8 Å². The van der Waals surface area contributed by atoms with E-state index in [-0.39, 0.29) is 5.91 Å². The average molecular weight is 491 g/mol. The Labute approximate surface area is 195 Å². The minimum absolute atomic E-state index is 0.0354. The molecule has 0 radical (unpaired) electrons. The van der Waals surface area contributed by atoms with Crippen LogP contribution >= 0.6 is 15.9 Å². The SMILES string of the molecule is NCC1CCC(CNC(=O)c2cc(-c3c[nH]c4ccc(Br)cc34)nc3ccccc23)CC1. The van der Waals surface area contributed by atoms with Crippen LogP contribution in [0.25, 0.3) is 33.1 Å². The molecule has 0 spiro atoms. The lowest BCUT2D eigenvalue weighted by Crippen LogP contribution is -2.32. The van der Waals surface area contributed by atoms with Gasteiger partial charge in [-0.15, -0.1) is 0 Å². The number of halogens is 1. The number of H-pyrrole nitrogens is 1. The molecule has 0 aliphatic heterocycles. The molecule has 5 rings (SSSR count). The number of benzene rings is 2. The van der Waals surface area contributed by atoms with Crippen LogP contribution in [0.4, 0.5) is 0 Å². The largest absolute Gasteiger partial charge is 0.360 e. The predicted octanol–water partition coefficient (Wildman–Crippen LogP) is 5.64. The second kappa shape index (κ2) is 9.04. The zero-order chi connectivity index (χ0) is 22.1. The zero-order valence-corrected chi connectivity index (χ0v) is 19.5. The molecule has 1 aliphatic rings. The summed E-state index contributed by atoms with van der Waals surface area (Å²) in [5, 5.41) is 5.15. The van der Waals surface area contributed by atoms with Gasteiger partial charge in [0.05, 0.1) is 16.8 Å². The number of aromatic nitrogens is 2. The number of nitrogens with zero attached hydrogens (tertiary/aromatic N) is 1. The molecule has 1 aliphatic carbocycles. The molecule has 32 heavy (non-hydrogen) atoms. The number of carbonyl (C=O) groups is 1. The molecule has 2 heterocycles. The van der Waals surface area contributed by atoms with Gasteiger partial charge in [-0.05, 0) is 74.4 Å². The maximum absolute atomic E-state index is 13.3. The third kappa shape index (κ3) is 4.17. The highest BCUT2D eigenvalue weighted by Gasteiger charge is 2.22. The van der Waals surface area contributed by atoms with E-state index in [2.05, 4.69) is 32.3 Å². The number of nitrogens with one attached hydrogen (secondary N) is 2. The summed E-state index contributed by atoms with van der Waals surface area (Å²) in [5.41, 5.74) is 10.1. The second-order valence-electron chi connectivity index (χ2n) is 8.80. The average Bonchev–Trinajstić information content (AvgIpc) is 3.25. The number of hydrogen-bond acceptors (Lipinski definition) is 3. The van der Waals surface area contributed by atoms with Crippen molar-refractivity contribution in [3.63, 3.8) is 0 Å². The Morgan fingerprint density at radius 1 is 1.06 bits per heavy atom. The highest BCUT2D eigenvalue weighted by atomic mass is 79.9. The number of nitrogens with two attached hydrogens (primary N) is 1. The number of para-hydroxylation sites is 1. The molecule has 2 aromatic carbocycles. The lowest BCUT2D eigenvalue weighted by atomic mass is 9.82. The van der Waals surface area contributed by atoms with E-state index in [9.17, 15) is 4.79 Å². The van der Waals surface area contributed by atoms with Gasteiger partial charge in [0.25, 0.3) is 5.91 Å². The lowest BCUT2D eigenvalue weighted by Gasteiger charge is -2.27. The Bertz CT molecular complexity index is 1270. The fourth-order valence-electron chi connectivity index (χ4n) is 4.81. The number of hydrogen-bond donors (Lipinski definition) is 3. The van der Waals surface area contributed by atoms with Crippen molar-refractivity contribution in [2.45, 2.75) is 25.7 Å². The molecule has 0 bridgehead atoms. The molecule has 0 atom stereocenters. The Kier molecular flexibility index (Phi) is 5.98. The van der Waals surface area contributed by atoms with Crippen LogP contribution < -0.4 is 11.1 Å². The van der Waals surface area contributed by atoms with E-state index in [0.717, 1.165) is 69.8 Å². The van der Waals surface area contributed by atoms with Crippen LogP contribution in [0.2, 0.25) is 0 Å². The number of fused-ring (bicyclic) bond motifs is 2. The number of aromatic amines is 1. The van der Waals surface area contributed by atoms with Crippen molar-refractivity contribution in [3.05, 3.63) is 64.8 Å². The molecule has 4 N–H and O–H groups in total. The van der Waals surface area contributed by atoms with E-state index in [4.69, 9.17) is 10.7 Å². The third-order valence-electron chi connectivity index (χ3n) is 6.73. The molecule has 5 nitrogen and oxygen atoms in total. The van der Waals surface area contributed by atoms with Crippen LogP contribution in [-0.2, 0) is 0 Å². The van der Waals surface area contributed by atoms with Crippen molar-refractivity contribution in [1.82, 2.24) is 15.3 Å². The van der Waals surface area contributed by atoms with Crippen LogP contribution in [0.1, 0.15) is 36.0 Å². The maximum atomic E-state index is 13.3. The van der Waals surface area contributed by atoms with E-state index < -0.39 is 0 Å². The Hall–Kier alpha value is -2.70. The molecule has 1 saturated carbocycles. The van der Waals surface area contributed by atoms with Gasteiger partial charge in [-0.1, -0.05) is 34.1 Å². The number of carbonyl (C=O) groups excluding carboxylic acids is 1. The van der Waals surface area contributed by atoms with Crippen molar-refractivity contribution < 1.29 is 4.79 Å². The number of pyridine rings is 1. The predicted molar refractivity (Wildman–Crippen MR) is 134 cm³/mol. The van der Waals surface area contributed by atoms with Crippen LogP contribution in [-0.4, -0.2) is 29.0 Å². The standard InChI is InChI=1S/C26H27BrN4O/c27-18-9-10-23-20(11-18)22(15-29-23)25-12-21(19-3-1-2-4-24(19)31-25)26(32)30-14-17-7-5-16(13-28)6-8-17/h1-4,9-12,15-17,29H,5-8,13-14,28H2,(H,30,32). The van der Waals surface area contributed by atoms with Gasteiger partial charge in [0.1, 0.15) is 0 Å². The van der Waals surface area contributed by atoms with Crippen molar-refractivity contribution in [1.29, 1.82) is 0 Å². The zero-order valence-electron chi connectivity index (χ0n) is 17.9. The molecule has 0 saturated heterocycles. The summed E-state index contributed by atoms with van der Waals surface area (Å²) in [7, 11) is 0. The first-order valence-electron chi connectivity index (χ1n) is 11.3. The second-order valence-corrected chi connectivity index (χ2v) is 9.71. The minimum atomic E-state index is -0.0354. The Balaban J connectivity index is 1.46. The van der Waals surface area contributed by atoms with E-state index in [1.807, 2.05) is 48.7 Å². The number of rotatable bonds is 5. The molecular formula is C26H27BrN4O. The molecule has 6 heteroatoms. The normalized spacial score (nSPS) is 18.8. The summed E-state index contributed by atoms with van der Waals surface area (Å²) in [4.78, 5) is 21.5.